The molecule has 0 unspecified atom stereocenters. The number of ether oxygens (including phenoxy) is 3. The van der Waals surface area contributed by atoms with Gasteiger partial charge in [0.25, 0.3) is 11.8 Å². The van der Waals surface area contributed by atoms with Crippen molar-refractivity contribution in [3.63, 3.8) is 0 Å². The molecule has 0 radical (unpaired) electrons. The average Bonchev–Trinajstić information content (AvgIpc) is 3.49. The summed E-state index contributed by atoms with van der Waals surface area (Å²) in [6, 6.07) is 15.7. The van der Waals surface area contributed by atoms with Gasteiger partial charge >= 0.3 is 0 Å². The normalized spacial score (nSPS) is 15.2. The van der Waals surface area contributed by atoms with E-state index < -0.39 is 5.91 Å². The summed E-state index contributed by atoms with van der Waals surface area (Å²) in [5.41, 5.74) is 1.66. The van der Waals surface area contributed by atoms with Gasteiger partial charge in [0.15, 0.2) is 11.5 Å². The molecule has 0 fully saturated rings. The number of rotatable bonds is 5. The van der Waals surface area contributed by atoms with Crippen LogP contribution < -0.4 is 24.4 Å². The molecule has 0 aliphatic carbocycles. The Hall–Kier alpha value is -3.78. The minimum Gasteiger partial charge on any atom is -0.497 e. The van der Waals surface area contributed by atoms with Gasteiger partial charge in [-0.2, -0.15) is 0 Å². The fourth-order valence-electron chi connectivity index (χ4n) is 3.38. The lowest BCUT2D eigenvalue weighted by molar-refractivity contribution is -0.120. The highest BCUT2D eigenvalue weighted by Gasteiger charge is 2.40. The van der Waals surface area contributed by atoms with Gasteiger partial charge in [0, 0.05) is 16.6 Å². The van der Waals surface area contributed by atoms with Crippen LogP contribution in [0.5, 0.6) is 17.2 Å². The molecule has 0 atom stereocenters. The van der Waals surface area contributed by atoms with Crippen molar-refractivity contribution in [2.24, 2.45) is 0 Å². The first-order valence-corrected chi connectivity index (χ1v) is 10.0. The van der Waals surface area contributed by atoms with Gasteiger partial charge in [0.05, 0.1) is 18.4 Å². The number of nitrogens with zero attached hydrogens (tertiary/aromatic N) is 1. The molecular formula is C22H16N2O5S. The number of benzene rings is 2. The molecule has 2 amide bonds. The summed E-state index contributed by atoms with van der Waals surface area (Å²) in [6.45, 7) is 0.157. The molecule has 0 saturated heterocycles. The van der Waals surface area contributed by atoms with Crippen LogP contribution in [-0.2, 0) is 9.59 Å². The number of carbonyl (C=O) groups is 2. The summed E-state index contributed by atoms with van der Waals surface area (Å²) in [5.74, 6) is 1.06. The molecule has 5 rings (SSSR count). The Morgan fingerprint density at radius 3 is 2.53 bits per heavy atom. The van der Waals surface area contributed by atoms with Crippen molar-refractivity contribution in [3.05, 3.63) is 70.6 Å². The van der Waals surface area contributed by atoms with Crippen molar-refractivity contribution in [2.75, 3.05) is 24.1 Å². The van der Waals surface area contributed by atoms with E-state index in [2.05, 4.69) is 5.32 Å². The van der Waals surface area contributed by atoms with Crippen molar-refractivity contribution in [1.82, 2.24) is 0 Å². The van der Waals surface area contributed by atoms with Gasteiger partial charge in [-0.05, 0) is 47.8 Å². The van der Waals surface area contributed by atoms with Crippen molar-refractivity contribution in [3.8, 4) is 17.2 Å². The molecule has 0 saturated carbocycles. The molecule has 2 aliphatic heterocycles. The van der Waals surface area contributed by atoms with Gasteiger partial charge in [-0.25, -0.2) is 4.90 Å². The zero-order valence-corrected chi connectivity index (χ0v) is 16.7. The number of hydrogen-bond acceptors (Lipinski definition) is 7. The Morgan fingerprint density at radius 2 is 1.80 bits per heavy atom. The first kappa shape index (κ1) is 18.3. The first-order valence-electron chi connectivity index (χ1n) is 9.13. The molecule has 150 valence electrons. The molecule has 3 aromatic rings. The number of thiophene rings is 1. The van der Waals surface area contributed by atoms with E-state index in [0.717, 1.165) is 0 Å². The van der Waals surface area contributed by atoms with Crippen molar-refractivity contribution < 1.29 is 23.8 Å². The number of anilines is 2. The summed E-state index contributed by atoms with van der Waals surface area (Å²) in [6.07, 6.45) is 0. The molecule has 7 nitrogen and oxygen atoms in total. The zero-order valence-electron chi connectivity index (χ0n) is 15.9. The van der Waals surface area contributed by atoms with Crippen LogP contribution in [0.25, 0.3) is 5.57 Å². The van der Waals surface area contributed by atoms with E-state index in [-0.39, 0.29) is 18.4 Å². The van der Waals surface area contributed by atoms with E-state index in [1.807, 2.05) is 17.5 Å². The van der Waals surface area contributed by atoms with Crippen LogP contribution in [0.2, 0.25) is 0 Å². The number of imide groups is 1. The predicted octanol–water partition coefficient (Wildman–Crippen LogP) is 3.88. The fraction of sp³-hybridized carbons (Fsp3) is 0.0909. The number of carbonyl (C=O) groups excluding carboxylic acids is 2. The Labute approximate surface area is 176 Å². The van der Waals surface area contributed by atoms with Gasteiger partial charge in [0.2, 0.25) is 6.79 Å². The summed E-state index contributed by atoms with van der Waals surface area (Å²) in [5, 5.41) is 4.99. The number of nitrogens with one attached hydrogen (secondary N) is 1. The minimum atomic E-state index is -0.425. The number of fused-ring (bicyclic) bond motifs is 1. The zero-order chi connectivity index (χ0) is 20.7. The van der Waals surface area contributed by atoms with Crippen molar-refractivity contribution in [2.45, 2.75) is 0 Å². The van der Waals surface area contributed by atoms with Crippen LogP contribution in [0, 0.1) is 0 Å². The topological polar surface area (TPSA) is 77.1 Å². The smallest absolute Gasteiger partial charge is 0.282 e. The van der Waals surface area contributed by atoms with E-state index in [4.69, 9.17) is 14.2 Å². The summed E-state index contributed by atoms with van der Waals surface area (Å²) in [4.78, 5) is 28.5. The van der Waals surface area contributed by atoms with Crippen molar-refractivity contribution in [1.29, 1.82) is 0 Å². The van der Waals surface area contributed by atoms with Crippen LogP contribution in [-0.4, -0.2) is 25.7 Å². The number of amides is 2. The Kier molecular flexibility index (Phi) is 4.40. The van der Waals surface area contributed by atoms with Crippen LogP contribution in [0.3, 0.4) is 0 Å². The third-order valence-corrected chi connectivity index (χ3v) is 5.71. The average molecular weight is 420 g/mol. The maximum absolute atomic E-state index is 13.3. The summed E-state index contributed by atoms with van der Waals surface area (Å²) < 4.78 is 15.9. The van der Waals surface area contributed by atoms with E-state index in [1.165, 1.54) is 16.2 Å². The second-order valence-corrected chi connectivity index (χ2v) is 7.51. The van der Waals surface area contributed by atoms with E-state index in [1.54, 1.807) is 49.6 Å². The third-order valence-electron chi connectivity index (χ3n) is 4.82. The molecule has 3 heterocycles. The lowest BCUT2D eigenvalue weighted by atomic mass is 10.1. The highest BCUT2D eigenvalue weighted by atomic mass is 32.1. The van der Waals surface area contributed by atoms with Gasteiger partial charge in [0.1, 0.15) is 11.4 Å². The largest absolute Gasteiger partial charge is 0.497 e. The molecule has 1 N–H and O–H groups in total. The van der Waals surface area contributed by atoms with Gasteiger partial charge in [-0.1, -0.05) is 6.07 Å². The Balaban J connectivity index is 1.54. The third kappa shape index (κ3) is 2.98. The maximum atomic E-state index is 13.3. The lowest BCUT2D eigenvalue weighted by Gasteiger charge is -2.15. The quantitative estimate of drug-likeness (QED) is 0.632. The van der Waals surface area contributed by atoms with Crippen LogP contribution in [0.15, 0.2) is 65.7 Å². The van der Waals surface area contributed by atoms with Crippen molar-refractivity contribution >= 4 is 40.1 Å². The molecule has 2 aromatic carbocycles. The molecule has 2 aliphatic rings. The van der Waals surface area contributed by atoms with Gasteiger partial charge in [-0.15, -0.1) is 11.3 Å². The summed E-state index contributed by atoms with van der Waals surface area (Å²) in [7, 11) is 1.56. The monoisotopic (exact) mass is 420 g/mol. The Morgan fingerprint density at radius 1 is 1.00 bits per heavy atom. The van der Waals surface area contributed by atoms with Crippen LogP contribution >= 0.6 is 11.3 Å². The highest BCUT2D eigenvalue weighted by Crippen LogP contribution is 2.38. The van der Waals surface area contributed by atoms with E-state index in [9.17, 15) is 9.59 Å². The molecule has 8 heteroatoms. The van der Waals surface area contributed by atoms with Gasteiger partial charge in [-0.3, -0.25) is 9.59 Å². The van der Waals surface area contributed by atoms with E-state index >= 15 is 0 Å². The second-order valence-electron chi connectivity index (χ2n) is 6.56. The molecule has 0 spiro atoms. The first-order chi connectivity index (χ1) is 14.7. The standard InChI is InChI=1S/C22H16N2O5S/c1-27-15-7-5-14(6-8-15)24-21(25)19(18-3-2-10-30-18)20(22(24)26)23-13-4-9-16-17(11-13)29-12-28-16/h2-11,23H,12H2,1H3. The predicted molar refractivity (Wildman–Crippen MR) is 113 cm³/mol. The fourth-order valence-corrected chi connectivity index (χ4v) is 4.15. The maximum Gasteiger partial charge on any atom is 0.282 e. The van der Waals surface area contributed by atoms with Gasteiger partial charge < -0.3 is 19.5 Å². The lowest BCUT2D eigenvalue weighted by Crippen LogP contribution is -2.32. The SMILES string of the molecule is COc1ccc(N2C(=O)C(Nc3ccc4c(c3)OCO4)=C(c3cccs3)C2=O)cc1. The minimum absolute atomic E-state index is 0.157. The molecule has 1 aromatic heterocycles. The molecular weight excluding hydrogens is 404 g/mol. The number of hydrogen-bond donors (Lipinski definition) is 1. The second kappa shape index (κ2) is 7.23. The summed E-state index contributed by atoms with van der Waals surface area (Å²) >= 11 is 1.40. The Bertz CT molecular complexity index is 1170. The van der Waals surface area contributed by atoms with Crippen LogP contribution in [0.1, 0.15) is 4.88 Å². The molecule has 0 bridgehead atoms. The molecule has 30 heavy (non-hydrogen) atoms. The number of methoxy groups -OCH3 is 1. The van der Waals surface area contributed by atoms with Crippen LogP contribution in [0.4, 0.5) is 11.4 Å². The highest BCUT2D eigenvalue weighted by molar-refractivity contribution is 7.11. The van der Waals surface area contributed by atoms with E-state index in [0.29, 0.717) is 39.1 Å².